The van der Waals surface area contributed by atoms with Gasteiger partial charge in [-0.2, -0.15) is 0 Å². The molecule has 5 amide bonds. The van der Waals surface area contributed by atoms with Crippen molar-refractivity contribution in [1.82, 2.24) is 21.3 Å². The SMILES string of the molecule is CCC(C)C(NC(=O)C1CCCN1)C(=O)NC(CC(N)=O)C(=O)NC(CCC(N)=O)C(=O)O. The van der Waals surface area contributed by atoms with E-state index in [9.17, 15) is 33.9 Å². The molecule has 9 N–H and O–H groups in total. The number of carbonyl (C=O) groups excluding carboxylic acids is 5. The van der Waals surface area contributed by atoms with E-state index < -0.39 is 60.2 Å². The maximum absolute atomic E-state index is 13.0. The number of primary amides is 2. The smallest absolute Gasteiger partial charge is 0.326 e. The first kappa shape index (κ1) is 27.8. The van der Waals surface area contributed by atoms with E-state index >= 15 is 0 Å². The second-order valence-corrected chi connectivity index (χ2v) is 8.16. The summed E-state index contributed by atoms with van der Waals surface area (Å²) in [5, 5.41) is 19.6. The van der Waals surface area contributed by atoms with Gasteiger partial charge in [0.15, 0.2) is 0 Å². The number of carbonyl (C=O) groups is 6. The molecule has 1 aliphatic heterocycles. The molecule has 186 valence electrons. The highest BCUT2D eigenvalue weighted by Gasteiger charge is 2.34. The van der Waals surface area contributed by atoms with Crippen LogP contribution in [-0.2, 0) is 28.8 Å². The Hall–Kier alpha value is -3.22. The zero-order valence-electron chi connectivity index (χ0n) is 18.9. The van der Waals surface area contributed by atoms with Crippen molar-refractivity contribution in [3.8, 4) is 0 Å². The van der Waals surface area contributed by atoms with Crippen LogP contribution in [0.3, 0.4) is 0 Å². The lowest BCUT2D eigenvalue weighted by molar-refractivity contribution is -0.142. The standard InChI is InChI=1S/C20H34N6O7/c1-3-10(2)16(26-17(29)11-5-4-8-23-11)19(31)25-13(9-15(22)28)18(30)24-12(20(32)33)6-7-14(21)27/h10-13,16,23H,3-9H2,1-2H3,(H2,21,27)(H2,22,28)(H,24,30)(H,25,31)(H,26,29)(H,32,33). The number of hydrogen-bond acceptors (Lipinski definition) is 7. The first-order chi connectivity index (χ1) is 15.5. The Balaban J connectivity index is 2.95. The van der Waals surface area contributed by atoms with Gasteiger partial charge in [0.05, 0.1) is 12.5 Å². The number of aliphatic carboxylic acids is 1. The topological polar surface area (TPSA) is 223 Å². The minimum Gasteiger partial charge on any atom is -0.480 e. The van der Waals surface area contributed by atoms with E-state index in [2.05, 4.69) is 21.3 Å². The molecule has 0 aromatic heterocycles. The molecule has 0 spiro atoms. The van der Waals surface area contributed by atoms with Crippen LogP contribution in [0.2, 0.25) is 0 Å². The minimum atomic E-state index is -1.47. The summed E-state index contributed by atoms with van der Waals surface area (Å²) in [5.74, 6) is -5.38. The number of carboxylic acids is 1. The van der Waals surface area contributed by atoms with Gasteiger partial charge in [0.2, 0.25) is 29.5 Å². The molecule has 33 heavy (non-hydrogen) atoms. The fourth-order valence-corrected chi connectivity index (χ4v) is 3.35. The second-order valence-electron chi connectivity index (χ2n) is 8.16. The average molecular weight is 471 g/mol. The summed E-state index contributed by atoms with van der Waals surface area (Å²) in [6.07, 6.45) is 0.854. The molecular formula is C20H34N6O7. The summed E-state index contributed by atoms with van der Waals surface area (Å²) >= 11 is 0. The van der Waals surface area contributed by atoms with Crippen molar-refractivity contribution in [1.29, 1.82) is 0 Å². The molecule has 0 aromatic rings. The highest BCUT2D eigenvalue weighted by Crippen LogP contribution is 2.12. The van der Waals surface area contributed by atoms with Crippen LogP contribution < -0.4 is 32.7 Å². The normalized spacial score (nSPS) is 18.9. The molecule has 1 saturated heterocycles. The van der Waals surface area contributed by atoms with E-state index in [1.165, 1.54) is 0 Å². The Morgan fingerprint density at radius 1 is 1.00 bits per heavy atom. The number of nitrogens with two attached hydrogens (primary N) is 2. The Morgan fingerprint density at radius 3 is 2.12 bits per heavy atom. The van der Waals surface area contributed by atoms with Gasteiger partial charge >= 0.3 is 5.97 Å². The maximum atomic E-state index is 13.0. The van der Waals surface area contributed by atoms with Crippen molar-refractivity contribution >= 4 is 35.5 Å². The summed E-state index contributed by atoms with van der Waals surface area (Å²) in [4.78, 5) is 72.0. The molecule has 0 saturated carbocycles. The molecule has 5 unspecified atom stereocenters. The van der Waals surface area contributed by atoms with Crippen LogP contribution in [0.1, 0.15) is 52.4 Å². The molecule has 1 fully saturated rings. The third-order valence-corrected chi connectivity index (χ3v) is 5.50. The molecule has 0 radical (unpaired) electrons. The van der Waals surface area contributed by atoms with Crippen molar-refractivity contribution in [3.63, 3.8) is 0 Å². The number of carboxylic acid groups (broad SMARTS) is 1. The van der Waals surface area contributed by atoms with E-state index in [-0.39, 0.29) is 24.7 Å². The fourth-order valence-electron chi connectivity index (χ4n) is 3.35. The zero-order chi connectivity index (χ0) is 25.1. The quantitative estimate of drug-likeness (QED) is 0.143. The number of rotatable bonds is 14. The van der Waals surface area contributed by atoms with Crippen LogP contribution in [0.5, 0.6) is 0 Å². The van der Waals surface area contributed by atoms with Gasteiger partial charge in [-0.3, -0.25) is 24.0 Å². The Labute approximate surface area is 191 Å². The number of amides is 5. The van der Waals surface area contributed by atoms with E-state index in [1.807, 2.05) is 6.92 Å². The van der Waals surface area contributed by atoms with Crippen LogP contribution in [-0.4, -0.2) is 71.3 Å². The monoisotopic (exact) mass is 470 g/mol. The van der Waals surface area contributed by atoms with Crippen LogP contribution in [0.4, 0.5) is 0 Å². The van der Waals surface area contributed by atoms with Crippen molar-refractivity contribution in [2.45, 2.75) is 76.5 Å². The van der Waals surface area contributed by atoms with Crippen molar-refractivity contribution in [2.75, 3.05) is 6.54 Å². The first-order valence-electron chi connectivity index (χ1n) is 10.9. The molecule has 1 aliphatic rings. The predicted molar refractivity (Wildman–Crippen MR) is 116 cm³/mol. The fraction of sp³-hybridized carbons (Fsp3) is 0.700. The summed E-state index contributed by atoms with van der Waals surface area (Å²) in [6, 6.07) is -4.34. The first-order valence-corrected chi connectivity index (χ1v) is 10.9. The molecule has 13 heteroatoms. The summed E-state index contributed by atoms with van der Waals surface area (Å²) < 4.78 is 0. The Bertz CT molecular complexity index is 753. The van der Waals surface area contributed by atoms with Crippen molar-refractivity contribution < 1.29 is 33.9 Å². The molecule has 0 bridgehead atoms. The molecule has 5 atom stereocenters. The van der Waals surface area contributed by atoms with Crippen LogP contribution >= 0.6 is 0 Å². The summed E-state index contributed by atoms with van der Waals surface area (Å²) in [5.41, 5.74) is 10.2. The van der Waals surface area contributed by atoms with E-state index in [0.717, 1.165) is 6.42 Å². The average Bonchev–Trinajstić information content (AvgIpc) is 3.27. The molecule has 1 heterocycles. The second kappa shape index (κ2) is 13.4. The third kappa shape index (κ3) is 9.43. The zero-order valence-corrected chi connectivity index (χ0v) is 18.9. The lowest BCUT2D eigenvalue weighted by atomic mass is 9.97. The van der Waals surface area contributed by atoms with Gasteiger partial charge < -0.3 is 37.8 Å². The lowest BCUT2D eigenvalue weighted by Crippen LogP contribution is -2.59. The van der Waals surface area contributed by atoms with Gasteiger partial charge in [-0.15, -0.1) is 0 Å². The molecule has 13 nitrogen and oxygen atoms in total. The van der Waals surface area contributed by atoms with E-state index in [0.29, 0.717) is 19.4 Å². The molecular weight excluding hydrogens is 436 g/mol. The lowest BCUT2D eigenvalue weighted by Gasteiger charge is -2.27. The van der Waals surface area contributed by atoms with Crippen LogP contribution in [0.25, 0.3) is 0 Å². The van der Waals surface area contributed by atoms with Gasteiger partial charge in [-0.25, -0.2) is 4.79 Å². The Morgan fingerprint density at radius 2 is 1.64 bits per heavy atom. The molecule has 0 aromatic carbocycles. The predicted octanol–water partition coefficient (Wildman–Crippen LogP) is -2.54. The van der Waals surface area contributed by atoms with Gasteiger partial charge in [-0.05, 0) is 31.7 Å². The third-order valence-electron chi connectivity index (χ3n) is 5.50. The van der Waals surface area contributed by atoms with Gasteiger partial charge in [-0.1, -0.05) is 20.3 Å². The number of hydrogen-bond donors (Lipinski definition) is 7. The largest absolute Gasteiger partial charge is 0.480 e. The van der Waals surface area contributed by atoms with Gasteiger partial charge in [0.1, 0.15) is 18.1 Å². The van der Waals surface area contributed by atoms with Gasteiger partial charge in [0, 0.05) is 6.42 Å². The summed E-state index contributed by atoms with van der Waals surface area (Å²) in [7, 11) is 0. The van der Waals surface area contributed by atoms with Crippen molar-refractivity contribution in [3.05, 3.63) is 0 Å². The summed E-state index contributed by atoms with van der Waals surface area (Å²) in [6.45, 7) is 4.27. The maximum Gasteiger partial charge on any atom is 0.326 e. The van der Waals surface area contributed by atoms with Crippen LogP contribution in [0, 0.1) is 5.92 Å². The Kier molecular flexibility index (Phi) is 11.3. The number of nitrogens with one attached hydrogen (secondary N) is 4. The highest BCUT2D eigenvalue weighted by molar-refractivity contribution is 5.96. The van der Waals surface area contributed by atoms with E-state index in [4.69, 9.17) is 11.5 Å². The van der Waals surface area contributed by atoms with Gasteiger partial charge in [0.25, 0.3) is 0 Å². The minimum absolute atomic E-state index is 0.270. The van der Waals surface area contributed by atoms with Crippen molar-refractivity contribution in [2.24, 2.45) is 17.4 Å². The van der Waals surface area contributed by atoms with E-state index in [1.54, 1.807) is 6.92 Å². The molecule has 0 aliphatic carbocycles. The highest BCUT2D eigenvalue weighted by atomic mass is 16.4. The van der Waals surface area contributed by atoms with Crippen LogP contribution in [0.15, 0.2) is 0 Å². The molecule has 1 rings (SSSR count).